The first kappa shape index (κ1) is 23.1. The highest BCUT2D eigenvalue weighted by atomic mass is 16.5. The lowest BCUT2D eigenvalue weighted by Crippen LogP contribution is -2.17. The minimum atomic E-state index is -0.291. The summed E-state index contributed by atoms with van der Waals surface area (Å²) in [7, 11) is 0. The van der Waals surface area contributed by atoms with E-state index in [0.29, 0.717) is 24.5 Å². The van der Waals surface area contributed by atoms with E-state index >= 15 is 0 Å². The van der Waals surface area contributed by atoms with Gasteiger partial charge in [-0.1, -0.05) is 67.1 Å². The van der Waals surface area contributed by atoms with Gasteiger partial charge < -0.3 is 9.47 Å². The van der Waals surface area contributed by atoms with E-state index in [4.69, 9.17) is 9.47 Å². The number of amides is 1. The molecular formula is C29H28N2O3. The molecule has 0 atom stereocenters. The van der Waals surface area contributed by atoms with Crippen LogP contribution in [0.4, 0.5) is 0 Å². The second kappa shape index (κ2) is 11.1. The third-order valence-corrected chi connectivity index (χ3v) is 5.39. The van der Waals surface area contributed by atoms with E-state index in [0.717, 1.165) is 34.1 Å². The van der Waals surface area contributed by atoms with Crippen LogP contribution in [-0.2, 0) is 6.61 Å². The fourth-order valence-electron chi connectivity index (χ4n) is 3.52. The Kier molecular flexibility index (Phi) is 7.56. The summed E-state index contributed by atoms with van der Waals surface area (Å²) >= 11 is 0. The van der Waals surface area contributed by atoms with Crippen LogP contribution in [0, 0.1) is 6.92 Å². The number of aryl methyl sites for hydroxylation is 1. The van der Waals surface area contributed by atoms with Gasteiger partial charge in [-0.25, -0.2) is 5.43 Å². The van der Waals surface area contributed by atoms with Gasteiger partial charge in [-0.3, -0.25) is 4.79 Å². The molecule has 0 aliphatic rings. The highest BCUT2D eigenvalue weighted by Crippen LogP contribution is 2.27. The van der Waals surface area contributed by atoms with Gasteiger partial charge in [-0.2, -0.15) is 5.10 Å². The molecule has 0 fully saturated rings. The molecule has 34 heavy (non-hydrogen) atoms. The van der Waals surface area contributed by atoms with Crippen molar-refractivity contribution in [3.05, 3.63) is 107 Å². The van der Waals surface area contributed by atoms with Crippen LogP contribution in [0.15, 0.2) is 90.0 Å². The zero-order valence-corrected chi connectivity index (χ0v) is 19.5. The van der Waals surface area contributed by atoms with Crippen LogP contribution in [0.25, 0.3) is 10.8 Å². The summed E-state index contributed by atoms with van der Waals surface area (Å²) in [5, 5.41) is 6.30. The molecular weight excluding hydrogens is 424 g/mol. The fraction of sp³-hybridized carbons (Fsp3) is 0.172. The molecule has 0 radical (unpaired) electrons. The number of nitrogens with zero attached hydrogens (tertiary/aromatic N) is 1. The monoisotopic (exact) mass is 452 g/mol. The normalized spacial score (nSPS) is 11.0. The Bertz CT molecular complexity index is 1280. The Hall–Kier alpha value is -4.12. The van der Waals surface area contributed by atoms with Crippen molar-refractivity contribution < 1.29 is 14.3 Å². The van der Waals surface area contributed by atoms with Gasteiger partial charge in [0.05, 0.1) is 12.8 Å². The molecule has 0 aliphatic carbocycles. The van der Waals surface area contributed by atoms with Gasteiger partial charge in [0.2, 0.25) is 0 Å². The molecule has 1 N–H and O–H groups in total. The first-order chi connectivity index (χ1) is 16.6. The standard InChI is InChI=1S/C29H28N2O3/c1-3-18-33-25-15-12-24(13-16-25)29(32)31-30-19-27-26-7-5-4-6-23(26)14-17-28(27)34-20-22-10-8-21(2)9-11-22/h4-17,19H,3,18,20H2,1-2H3,(H,31,32)/b30-19+. The van der Waals surface area contributed by atoms with Crippen LogP contribution in [0.1, 0.15) is 40.4 Å². The van der Waals surface area contributed by atoms with Crippen LogP contribution < -0.4 is 14.9 Å². The topological polar surface area (TPSA) is 59.9 Å². The molecule has 4 aromatic rings. The van der Waals surface area contributed by atoms with Crippen molar-refractivity contribution in [3.8, 4) is 11.5 Å². The average molecular weight is 453 g/mol. The summed E-state index contributed by atoms with van der Waals surface area (Å²) in [6.45, 7) is 5.20. The lowest BCUT2D eigenvalue weighted by atomic mass is 10.0. The number of carbonyl (C=O) groups excluding carboxylic acids is 1. The summed E-state index contributed by atoms with van der Waals surface area (Å²) < 4.78 is 11.7. The molecule has 5 heteroatoms. The molecule has 0 aliphatic heterocycles. The molecule has 0 aromatic heterocycles. The second-order valence-electron chi connectivity index (χ2n) is 8.04. The van der Waals surface area contributed by atoms with Gasteiger partial charge in [0, 0.05) is 11.1 Å². The Morgan fingerprint density at radius 2 is 1.68 bits per heavy atom. The van der Waals surface area contributed by atoms with Gasteiger partial charge in [0.1, 0.15) is 18.1 Å². The van der Waals surface area contributed by atoms with E-state index < -0.39 is 0 Å². The van der Waals surface area contributed by atoms with Crippen molar-refractivity contribution in [2.24, 2.45) is 5.10 Å². The highest BCUT2D eigenvalue weighted by molar-refractivity contribution is 6.03. The molecule has 0 spiro atoms. The molecule has 4 aromatic carbocycles. The van der Waals surface area contributed by atoms with Crippen LogP contribution in [0.2, 0.25) is 0 Å². The van der Waals surface area contributed by atoms with Gasteiger partial charge in [0.15, 0.2) is 0 Å². The van der Waals surface area contributed by atoms with Crippen molar-refractivity contribution in [2.45, 2.75) is 26.9 Å². The average Bonchev–Trinajstić information content (AvgIpc) is 2.88. The summed E-state index contributed by atoms with van der Waals surface area (Å²) in [6.07, 6.45) is 2.57. The lowest BCUT2D eigenvalue weighted by molar-refractivity contribution is 0.0955. The minimum Gasteiger partial charge on any atom is -0.494 e. The SMILES string of the molecule is CCCOc1ccc(C(=O)N/N=C/c2c(OCc3ccc(C)cc3)ccc3ccccc23)cc1. The molecule has 4 rings (SSSR count). The zero-order chi connectivity index (χ0) is 23.8. The van der Waals surface area contributed by atoms with Crippen molar-refractivity contribution in [1.82, 2.24) is 5.43 Å². The smallest absolute Gasteiger partial charge is 0.271 e. The van der Waals surface area contributed by atoms with Crippen molar-refractivity contribution in [3.63, 3.8) is 0 Å². The van der Waals surface area contributed by atoms with E-state index in [9.17, 15) is 4.79 Å². The maximum absolute atomic E-state index is 12.6. The number of benzene rings is 4. The van der Waals surface area contributed by atoms with E-state index in [1.54, 1.807) is 30.5 Å². The predicted octanol–water partition coefficient (Wildman–Crippen LogP) is 6.28. The maximum atomic E-state index is 12.6. The molecule has 0 saturated heterocycles. The first-order valence-electron chi connectivity index (χ1n) is 11.4. The van der Waals surface area contributed by atoms with E-state index in [-0.39, 0.29) is 5.91 Å². The van der Waals surface area contributed by atoms with Crippen molar-refractivity contribution >= 4 is 22.9 Å². The van der Waals surface area contributed by atoms with Gasteiger partial charge in [-0.05, 0) is 60.0 Å². The Balaban J connectivity index is 1.50. The van der Waals surface area contributed by atoms with Crippen LogP contribution in [0.5, 0.6) is 11.5 Å². The number of carbonyl (C=O) groups is 1. The van der Waals surface area contributed by atoms with Crippen LogP contribution in [0.3, 0.4) is 0 Å². The minimum absolute atomic E-state index is 0.291. The predicted molar refractivity (Wildman–Crippen MR) is 137 cm³/mol. The quantitative estimate of drug-likeness (QED) is 0.240. The third kappa shape index (κ3) is 5.81. The zero-order valence-electron chi connectivity index (χ0n) is 19.5. The summed E-state index contributed by atoms with van der Waals surface area (Å²) in [5.74, 6) is 1.16. The van der Waals surface area contributed by atoms with E-state index in [1.807, 2.05) is 36.4 Å². The summed E-state index contributed by atoms with van der Waals surface area (Å²) in [5.41, 5.74) is 6.23. The summed E-state index contributed by atoms with van der Waals surface area (Å²) in [4.78, 5) is 12.6. The van der Waals surface area contributed by atoms with Gasteiger partial charge >= 0.3 is 0 Å². The Labute approximate surface area is 200 Å². The molecule has 172 valence electrons. The molecule has 0 saturated carbocycles. The van der Waals surface area contributed by atoms with Gasteiger partial charge in [-0.15, -0.1) is 0 Å². The van der Waals surface area contributed by atoms with Gasteiger partial charge in [0.25, 0.3) is 5.91 Å². The maximum Gasteiger partial charge on any atom is 0.271 e. The van der Waals surface area contributed by atoms with Crippen molar-refractivity contribution in [2.75, 3.05) is 6.61 Å². The molecule has 1 amide bonds. The Morgan fingerprint density at radius 1 is 0.912 bits per heavy atom. The van der Waals surface area contributed by atoms with Crippen LogP contribution in [-0.4, -0.2) is 18.7 Å². The summed E-state index contributed by atoms with van der Waals surface area (Å²) in [6, 6.07) is 27.3. The number of rotatable bonds is 9. The number of fused-ring (bicyclic) bond motifs is 1. The first-order valence-corrected chi connectivity index (χ1v) is 11.4. The van der Waals surface area contributed by atoms with Crippen molar-refractivity contribution in [1.29, 1.82) is 0 Å². The third-order valence-electron chi connectivity index (χ3n) is 5.39. The fourth-order valence-corrected chi connectivity index (χ4v) is 3.52. The number of hydrazone groups is 1. The molecule has 5 nitrogen and oxygen atoms in total. The lowest BCUT2D eigenvalue weighted by Gasteiger charge is -2.12. The Morgan fingerprint density at radius 3 is 2.44 bits per heavy atom. The molecule has 0 unspecified atom stereocenters. The van der Waals surface area contributed by atoms with E-state index in [1.165, 1.54) is 5.56 Å². The number of nitrogens with one attached hydrogen (secondary N) is 1. The molecule has 0 heterocycles. The van der Waals surface area contributed by atoms with E-state index in [2.05, 4.69) is 48.6 Å². The number of ether oxygens (including phenoxy) is 2. The van der Waals surface area contributed by atoms with Crippen LogP contribution >= 0.6 is 0 Å². The highest BCUT2D eigenvalue weighted by Gasteiger charge is 2.09. The second-order valence-corrected chi connectivity index (χ2v) is 8.04. The largest absolute Gasteiger partial charge is 0.494 e. The number of hydrogen-bond donors (Lipinski definition) is 1. The molecule has 0 bridgehead atoms. The number of hydrogen-bond acceptors (Lipinski definition) is 4.